The molecule has 1 aliphatic carbocycles. The van der Waals surface area contributed by atoms with Crippen LogP contribution in [0.5, 0.6) is 0 Å². The average Bonchev–Trinajstić information content (AvgIpc) is 3.12. The number of carbonyl (C=O) groups is 1. The normalized spacial score (nSPS) is 14.5. The van der Waals surface area contributed by atoms with Crippen LogP contribution < -0.4 is 10.6 Å². The van der Waals surface area contributed by atoms with Crippen molar-refractivity contribution in [1.82, 2.24) is 10.3 Å². The number of nitrogens with one attached hydrogen (secondary N) is 2. The molecule has 0 bridgehead atoms. The lowest BCUT2D eigenvalue weighted by molar-refractivity contribution is 0.0697. The van der Waals surface area contributed by atoms with Crippen LogP contribution in [0.4, 0.5) is 5.82 Å². The van der Waals surface area contributed by atoms with Gasteiger partial charge in [-0.25, -0.2) is 9.78 Å². The fourth-order valence-electron chi connectivity index (χ4n) is 1.61. The summed E-state index contributed by atoms with van der Waals surface area (Å²) in [6, 6.07) is 3.54. The number of nitrogens with zero attached hydrogens (tertiary/aromatic N) is 1. The number of rotatable bonds is 7. The lowest BCUT2D eigenvalue weighted by Gasteiger charge is -2.07. The number of hydrogen-bond acceptors (Lipinski definition) is 4. The van der Waals surface area contributed by atoms with E-state index in [0.29, 0.717) is 11.9 Å². The smallest absolute Gasteiger partial charge is 0.335 e. The molecule has 0 aromatic carbocycles. The molecular weight excluding hydrogens is 254 g/mol. The van der Waals surface area contributed by atoms with Crippen LogP contribution in [-0.4, -0.2) is 35.2 Å². The molecule has 0 amide bonds. The van der Waals surface area contributed by atoms with Gasteiger partial charge in [-0.1, -0.05) is 11.6 Å². The van der Waals surface area contributed by atoms with Gasteiger partial charge in [-0.3, -0.25) is 0 Å². The van der Waals surface area contributed by atoms with E-state index in [9.17, 15) is 4.79 Å². The van der Waals surface area contributed by atoms with Gasteiger partial charge in [0.1, 0.15) is 11.0 Å². The first-order valence-electron chi connectivity index (χ1n) is 6.03. The summed E-state index contributed by atoms with van der Waals surface area (Å²) in [7, 11) is 0. The van der Waals surface area contributed by atoms with Crippen LogP contribution in [-0.2, 0) is 0 Å². The molecular formula is C12H16ClN3O2. The van der Waals surface area contributed by atoms with Crippen LogP contribution in [0.2, 0.25) is 5.15 Å². The minimum Gasteiger partial charge on any atom is -0.478 e. The number of pyridine rings is 1. The Morgan fingerprint density at radius 1 is 1.44 bits per heavy atom. The molecule has 1 aromatic heterocycles. The van der Waals surface area contributed by atoms with Crippen LogP contribution in [0.1, 0.15) is 29.6 Å². The van der Waals surface area contributed by atoms with E-state index in [0.717, 1.165) is 19.5 Å². The van der Waals surface area contributed by atoms with Gasteiger partial charge in [-0.2, -0.15) is 0 Å². The highest BCUT2D eigenvalue weighted by molar-refractivity contribution is 6.29. The minimum atomic E-state index is -1.00. The fraction of sp³-hybridized carbons (Fsp3) is 0.500. The maximum absolute atomic E-state index is 10.8. The number of carboxylic acid groups (broad SMARTS) is 1. The highest BCUT2D eigenvalue weighted by Crippen LogP contribution is 2.18. The van der Waals surface area contributed by atoms with Crippen molar-refractivity contribution in [2.24, 2.45) is 0 Å². The molecule has 0 spiro atoms. The van der Waals surface area contributed by atoms with Crippen molar-refractivity contribution >= 4 is 23.4 Å². The van der Waals surface area contributed by atoms with E-state index in [4.69, 9.17) is 16.7 Å². The van der Waals surface area contributed by atoms with Gasteiger partial charge in [-0.15, -0.1) is 0 Å². The summed E-state index contributed by atoms with van der Waals surface area (Å²) < 4.78 is 0. The minimum absolute atomic E-state index is 0.147. The Morgan fingerprint density at radius 2 is 2.22 bits per heavy atom. The van der Waals surface area contributed by atoms with Gasteiger partial charge in [-0.05, 0) is 37.9 Å². The summed E-state index contributed by atoms with van der Waals surface area (Å²) in [5, 5.41) is 15.6. The Kier molecular flexibility index (Phi) is 4.38. The van der Waals surface area contributed by atoms with Crippen molar-refractivity contribution in [3.8, 4) is 0 Å². The van der Waals surface area contributed by atoms with E-state index in [2.05, 4.69) is 15.6 Å². The average molecular weight is 270 g/mol. The predicted octanol–water partition coefficient (Wildman–Crippen LogP) is 1.99. The summed E-state index contributed by atoms with van der Waals surface area (Å²) in [6.45, 7) is 1.70. The standard InChI is InChI=1S/C12H16ClN3O2/c13-10-6-8(12(17)18)7-11(16-10)15-5-1-4-14-9-2-3-9/h6-7,9,14H,1-5H2,(H,15,16)(H,17,18). The van der Waals surface area contributed by atoms with E-state index in [-0.39, 0.29) is 10.7 Å². The molecule has 1 saturated carbocycles. The van der Waals surface area contributed by atoms with E-state index < -0.39 is 5.97 Å². The molecule has 2 rings (SSSR count). The third kappa shape index (κ3) is 4.16. The molecule has 0 radical (unpaired) electrons. The van der Waals surface area contributed by atoms with Crippen LogP contribution in [0, 0.1) is 0 Å². The fourth-order valence-corrected chi connectivity index (χ4v) is 1.82. The quantitative estimate of drug-likeness (QED) is 0.521. The maximum Gasteiger partial charge on any atom is 0.335 e. The van der Waals surface area contributed by atoms with Gasteiger partial charge in [0.15, 0.2) is 0 Å². The Morgan fingerprint density at radius 3 is 2.89 bits per heavy atom. The second-order valence-corrected chi connectivity index (χ2v) is 4.76. The Bertz CT molecular complexity index is 435. The van der Waals surface area contributed by atoms with Gasteiger partial charge in [0.25, 0.3) is 0 Å². The molecule has 0 unspecified atom stereocenters. The molecule has 1 aliphatic rings. The maximum atomic E-state index is 10.8. The molecule has 6 heteroatoms. The van der Waals surface area contributed by atoms with Gasteiger partial charge >= 0.3 is 5.97 Å². The Balaban J connectivity index is 1.78. The highest BCUT2D eigenvalue weighted by Gasteiger charge is 2.19. The topological polar surface area (TPSA) is 74.2 Å². The van der Waals surface area contributed by atoms with Gasteiger partial charge in [0.2, 0.25) is 0 Å². The third-order valence-corrected chi connectivity index (χ3v) is 2.90. The molecule has 1 aromatic rings. The monoisotopic (exact) mass is 269 g/mol. The molecule has 0 atom stereocenters. The number of anilines is 1. The van der Waals surface area contributed by atoms with E-state index in [1.807, 2.05) is 0 Å². The zero-order chi connectivity index (χ0) is 13.0. The SMILES string of the molecule is O=C(O)c1cc(Cl)nc(NCCCNC2CC2)c1. The molecule has 18 heavy (non-hydrogen) atoms. The second-order valence-electron chi connectivity index (χ2n) is 4.38. The first kappa shape index (κ1) is 13.1. The second kappa shape index (κ2) is 6.02. The number of hydrogen-bond donors (Lipinski definition) is 3. The summed E-state index contributed by atoms with van der Waals surface area (Å²) in [4.78, 5) is 14.9. The summed E-state index contributed by atoms with van der Waals surface area (Å²) in [5.74, 6) is -0.496. The van der Waals surface area contributed by atoms with Gasteiger partial charge < -0.3 is 15.7 Å². The number of halogens is 1. The van der Waals surface area contributed by atoms with E-state index >= 15 is 0 Å². The van der Waals surface area contributed by atoms with Crippen LogP contribution in [0.15, 0.2) is 12.1 Å². The van der Waals surface area contributed by atoms with E-state index in [1.165, 1.54) is 25.0 Å². The number of aromatic nitrogens is 1. The highest BCUT2D eigenvalue weighted by atomic mass is 35.5. The Labute approximate surface area is 111 Å². The van der Waals surface area contributed by atoms with E-state index in [1.54, 1.807) is 0 Å². The van der Waals surface area contributed by atoms with Crippen LogP contribution in [0.25, 0.3) is 0 Å². The summed E-state index contributed by atoms with van der Waals surface area (Å²) in [6.07, 6.45) is 3.53. The third-order valence-electron chi connectivity index (χ3n) is 2.71. The van der Waals surface area contributed by atoms with Crippen molar-refractivity contribution in [2.75, 3.05) is 18.4 Å². The first-order valence-corrected chi connectivity index (χ1v) is 6.41. The summed E-state index contributed by atoms with van der Waals surface area (Å²) >= 11 is 5.76. The van der Waals surface area contributed by atoms with Gasteiger partial charge in [0, 0.05) is 12.6 Å². The molecule has 5 nitrogen and oxygen atoms in total. The van der Waals surface area contributed by atoms with Crippen LogP contribution in [0.3, 0.4) is 0 Å². The lowest BCUT2D eigenvalue weighted by Crippen LogP contribution is -2.20. The largest absolute Gasteiger partial charge is 0.478 e. The zero-order valence-electron chi connectivity index (χ0n) is 9.95. The predicted molar refractivity (Wildman–Crippen MR) is 70.3 cm³/mol. The van der Waals surface area contributed by atoms with Crippen LogP contribution >= 0.6 is 11.6 Å². The zero-order valence-corrected chi connectivity index (χ0v) is 10.7. The molecule has 98 valence electrons. The molecule has 0 saturated heterocycles. The van der Waals surface area contributed by atoms with Gasteiger partial charge in [0.05, 0.1) is 5.56 Å². The van der Waals surface area contributed by atoms with Crippen molar-refractivity contribution in [2.45, 2.75) is 25.3 Å². The first-order chi connectivity index (χ1) is 8.65. The van der Waals surface area contributed by atoms with Crippen molar-refractivity contribution in [3.63, 3.8) is 0 Å². The molecule has 3 N–H and O–H groups in total. The molecule has 1 heterocycles. The lowest BCUT2D eigenvalue weighted by atomic mass is 10.2. The molecule has 1 fully saturated rings. The van der Waals surface area contributed by atoms with Crippen molar-refractivity contribution in [3.05, 3.63) is 22.8 Å². The molecule has 0 aliphatic heterocycles. The Hall–Kier alpha value is -1.33. The number of aromatic carboxylic acids is 1. The summed E-state index contributed by atoms with van der Waals surface area (Å²) in [5.41, 5.74) is 0.147. The van der Waals surface area contributed by atoms with Crippen molar-refractivity contribution < 1.29 is 9.90 Å². The number of carboxylic acids is 1. The van der Waals surface area contributed by atoms with Crippen molar-refractivity contribution in [1.29, 1.82) is 0 Å².